The van der Waals surface area contributed by atoms with E-state index in [4.69, 9.17) is 0 Å². The fourth-order valence-electron chi connectivity index (χ4n) is 3.00. The summed E-state index contributed by atoms with van der Waals surface area (Å²) in [5.41, 5.74) is -1.16. The number of carboxylic acids is 1. The predicted octanol–water partition coefficient (Wildman–Crippen LogP) is 0.859. The fraction of sp³-hybridized carbons (Fsp3) is 0.846. The Morgan fingerprint density at radius 1 is 1.44 bits per heavy atom. The third kappa shape index (κ3) is 2.00. The van der Waals surface area contributed by atoms with Crippen LogP contribution in [0.3, 0.4) is 0 Å². The number of hydrogen-bond donors (Lipinski definition) is 2. The van der Waals surface area contributed by atoms with Crippen molar-refractivity contribution in [1.82, 2.24) is 4.90 Å². The van der Waals surface area contributed by atoms with Crippen LogP contribution in [0.2, 0.25) is 0 Å². The molecule has 0 bridgehead atoms. The standard InChI is InChI=1S/C13H21NO4/c1-12(2,3)7-9(15)10(16)14-5-4-8-6-13(8,14)11(17)18/h8-9,15H,4-7H2,1-3H3,(H,17,18)/t8-,9-,13+/m1/s1. The summed E-state index contributed by atoms with van der Waals surface area (Å²) in [4.78, 5) is 24.9. The molecule has 0 radical (unpaired) electrons. The largest absolute Gasteiger partial charge is 0.479 e. The van der Waals surface area contributed by atoms with Crippen LogP contribution in [0.4, 0.5) is 0 Å². The molecule has 2 fully saturated rings. The Hall–Kier alpha value is -1.10. The normalized spacial score (nSPS) is 32.0. The molecular formula is C13H21NO4. The number of aliphatic carboxylic acids is 1. The second-order valence-corrected chi connectivity index (χ2v) is 6.69. The van der Waals surface area contributed by atoms with E-state index < -0.39 is 23.5 Å². The van der Waals surface area contributed by atoms with Crippen LogP contribution in [0.5, 0.6) is 0 Å². The zero-order valence-electron chi connectivity index (χ0n) is 11.1. The van der Waals surface area contributed by atoms with Gasteiger partial charge >= 0.3 is 5.97 Å². The van der Waals surface area contributed by atoms with E-state index >= 15 is 0 Å². The highest BCUT2D eigenvalue weighted by molar-refractivity contribution is 5.92. The van der Waals surface area contributed by atoms with Crippen molar-refractivity contribution in [2.45, 2.75) is 51.7 Å². The summed E-state index contributed by atoms with van der Waals surface area (Å²) < 4.78 is 0. The first-order chi connectivity index (χ1) is 8.18. The molecule has 1 saturated heterocycles. The molecule has 2 N–H and O–H groups in total. The highest BCUT2D eigenvalue weighted by atomic mass is 16.4. The Balaban J connectivity index is 2.08. The first kappa shape index (κ1) is 13.3. The monoisotopic (exact) mass is 255 g/mol. The number of rotatable bonds is 3. The van der Waals surface area contributed by atoms with Crippen molar-refractivity contribution < 1.29 is 19.8 Å². The lowest BCUT2D eigenvalue weighted by molar-refractivity contribution is -0.155. The Morgan fingerprint density at radius 3 is 2.50 bits per heavy atom. The van der Waals surface area contributed by atoms with Gasteiger partial charge in [-0.2, -0.15) is 0 Å². The summed E-state index contributed by atoms with van der Waals surface area (Å²) in [5, 5.41) is 19.2. The lowest BCUT2D eigenvalue weighted by Crippen LogP contribution is -2.50. The van der Waals surface area contributed by atoms with Crippen LogP contribution in [-0.4, -0.2) is 45.2 Å². The zero-order valence-corrected chi connectivity index (χ0v) is 11.1. The van der Waals surface area contributed by atoms with Gasteiger partial charge in [0, 0.05) is 6.54 Å². The number of aliphatic hydroxyl groups is 1. The van der Waals surface area contributed by atoms with Crippen molar-refractivity contribution in [3.63, 3.8) is 0 Å². The number of carbonyl (C=O) groups is 2. The highest BCUT2D eigenvalue weighted by Crippen LogP contribution is 2.56. The van der Waals surface area contributed by atoms with Gasteiger partial charge < -0.3 is 15.1 Å². The number of hydrogen-bond acceptors (Lipinski definition) is 3. The lowest BCUT2D eigenvalue weighted by atomic mass is 9.88. The van der Waals surface area contributed by atoms with Gasteiger partial charge in [0.25, 0.3) is 5.91 Å². The molecule has 1 aliphatic carbocycles. The number of nitrogens with zero attached hydrogens (tertiary/aromatic N) is 1. The van der Waals surface area contributed by atoms with Crippen molar-refractivity contribution >= 4 is 11.9 Å². The molecule has 18 heavy (non-hydrogen) atoms. The molecule has 3 atom stereocenters. The van der Waals surface area contributed by atoms with Gasteiger partial charge in [0.05, 0.1) is 0 Å². The van der Waals surface area contributed by atoms with Crippen molar-refractivity contribution in [3.05, 3.63) is 0 Å². The van der Waals surface area contributed by atoms with Crippen molar-refractivity contribution in [3.8, 4) is 0 Å². The molecule has 0 aromatic rings. The van der Waals surface area contributed by atoms with E-state index in [-0.39, 0.29) is 11.3 Å². The highest BCUT2D eigenvalue weighted by Gasteiger charge is 2.69. The van der Waals surface area contributed by atoms with Crippen LogP contribution in [0.1, 0.15) is 40.0 Å². The summed E-state index contributed by atoms with van der Waals surface area (Å²) >= 11 is 0. The van der Waals surface area contributed by atoms with Gasteiger partial charge in [0.1, 0.15) is 11.6 Å². The van der Waals surface area contributed by atoms with E-state index in [2.05, 4.69) is 0 Å². The van der Waals surface area contributed by atoms with Crippen LogP contribution in [0.25, 0.3) is 0 Å². The Kier molecular flexibility index (Phi) is 2.93. The first-order valence-corrected chi connectivity index (χ1v) is 6.41. The summed E-state index contributed by atoms with van der Waals surface area (Å²) in [6.07, 6.45) is 0.528. The van der Waals surface area contributed by atoms with E-state index in [1.54, 1.807) is 0 Å². The minimum Gasteiger partial charge on any atom is -0.479 e. The van der Waals surface area contributed by atoms with Crippen molar-refractivity contribution in [2.75, 3.05) is 6.54 Å². The SMILES string of the molecule is CC(C)(C)C[C@@H](O)C(=O)N1CC[C@@H]2C[C@@]21C(=O)O. The van der Waals surface area contributed by atoms with E-state index in [1.807, 2.05) is 20.8 Å². The topological polar surface area (TPSA) is 77.8 Å². The molecule has 0 spiro atoms. The van der Waals surface area contributed by atoms with E-state index in [0.717, 1.165) is 6.42 Å². The Morgan fingerprint density at radius 2 is 2.06 bits per heavy atom. The molecule has 102 valence electrons. The van der Waals surface area contributed by atoms with Crippen molar-refractivity contribution in [1.29, 1.82) is 0 Å². The van der Waals surface area contributed by atoms with E-state index in [9.17, 15) is 19.8 Å². The summed E-state index contributed by atoms with van der Waals surface area (Å²) in [6, 6.07) is 0. The second kappa shape index (κ2) is 3.95. The van der Waals surface area contributed by atoms with Gasteiger partial charge in [-0.3, -0.25) is 4.79 Å². The quantitative estimate of drug-likeness (QED) is 0.784. The summed E-state index contributed by atoms with van der Waals surface area (Å²) in [7, 11) is 0. The molecule has 2 rings (SSSR count). The molecule has 1 saturated carbocycles. The van der Waals surface area contributed by atoms with Crippen LogP contribution in [0, 0.1) is 11.3 Å². The number of likely N-dealkylation sites (tertiary alicyclic amines) is 1. The Bertz CT molecular complexity index is 387. The van der Waals surface area contributed by atoms with Crippen LogP contribution in [0.15, 0.2) is 0 Å². The second-order valence-electron chi connectivity index (χ2n) is 6.69. The van der Waals surface area contributed by atoms with Gasteiger partial charge in [-0.1, -0.05) is 20.8 Å². The van der Waals surface area contributed by atoms with Crippen LogP contribution >= 0.6 is 0 Å². The third-order valence-corrected chi connectivity index (χ3v) is 3.98. The van der Waals surface area contributed by atoms with Gasteiger partial charge in [-0.15, -0.1) is 0 Å². The minimum atomic E-state index is -1.10. The van der Waals surface area contributed by atoms with E-state index in [0.29, 0.717) is 19.4 Å². The maximum Gasteiger partial charge on any atom is 0.329 e. The van der Waals surface area contributed by atoms with Gasteiger partial charge in [0.2, 0.25) is 0 Å². The minimum absolute atomic E-state index is 0.0841. The fourth-order valence-corrected chi connectivity index (χ4v) is 3.00. The molecule has 0 aromatic carbocycles. The number of aliphatic hydroxyl groups excluding tert-OH is 1. The number of carbonyl (C=O) groups excluding carboxylic acids is 1. The number of piperidine rings is 1. The van der Waals surface area contributed by atoms with Crippen LogP contribution < -0.4 is 0 Å². The zero-order chi connectivity index (χ0) is 13.7. The average Bonchev–Trinajstić information content (AvgIpc) is 2.83. The molecule has 0 aromatic heterocycles. The molecule has 1 aliphatic heterocycles. The molecule has 1 amide bonds. The number of carboxylic acid groups (broad SMARTS) is 1. The third-order valence-electron chi connectivity index (χ3n) is 3.98. The molecular weight excluding hydrogens is 234 g/mol. The average molecular weight is 255 g/mol. The maximum atomic E-state index is 12.2. The molecule has 1 heterocycles. The molecule has 5 heteroatoms. The molecule has 5 nitrogen and oxygen atoms in total. The van der Waals surface area contributed by atoms with E-state index in [1.165, 1.54) is 4.90 Å². The van der Waals surface area contributed by atoms with Gasteiger partial charge in [-0.05, 0) is 30.6 Å². The maximum absolute atomic E-state index is 12.2. The molecule has 2 aliphatic rings. The lowest BCUT2D eigenvalue weighted by Gasteiger charge is -2.29. The first-order valence-electron chi connectivity index (χ1n) is 6.41. The smallest absolute Gasteiger partial charge is 0.329 e. The van der Waals surface area contributed by atoms with Gasteiger partial charge in [0.15, 0.2) is 0 Å². The predicted molar refractivity (Wildman–Crippen MR) is 64.9 cm³/mol. The van der Waals surface area contributed by atoms with Gasteiger partial charge in [-0.25, -0.2) is 4.79 Å². The summed E-state index contributed by atoms with van der Waals surface area (Å²) in [5.74, 6) is -1.27. The number of amides is 1. The Labute approximate surface area is 107 Å². The van der Waals surface area contributed by atoms with Crippen molar-refractivity contribution in [2.24, 2.45) is 11.3 Å². The number of fused-ring (bicyclic) bond motifs is 1. The molecule has 0 unspecified atom stereocenters. The van der Waals surface area contributed by atoms with Crippen LogP contribution in [-0.2, 0) is 9.59 Å². The summed E-state index contributed by atoms with van der Waals surface area (Å²) in [6.45, 7) is 6.29.